The summed E-state index contributed by atoms with van der Waals surface area (Å²) in [5.74, 6) is 0.790. The molecule has 4 heteroatoms. The number of halogens is 2. The molecule has 0 bridgehead atoms. The third-order valence-electron chi connectivity index (χ3n) is 3.53. The van der Waals surface area contributed by atoms with Crippen LogP contribution < -0.4 is 5.32 Å². The van der Waals surface area contributed by atoms with Gasteiger partial charge in [-0.2, -0.15) is 0 Å². The molecule has 2 atom stereocenters. The number of hydrogen-bond acceptors (Lipinski definition) is 2. The van der Waals surface area contributed by atoms with Gasteiger partial charge in [-0.1, -0.05) is 19.8 Å². The molecular weight excluding hydrogens is 344 g/mol. The van der Waals surface area contributed by atoms with Crippen LogP contribution in [0, 0.1) is 5.92 Å². The van der Waals surface area contributed by atoms with E-state index >= 15 is 0 Å². The van der Waals surface area contributed by atoms with Crippen molar-refractivity contribution in [3.05, 3.63) is 26.9 Å². The number of aromatic nitrogens is 1. The SMILES string of the molecule is CC1CCCCC1NCc1ncc(Br)cc1Br. The van der Waals surface area contributed by atoms with Crippen molar-refractivity contribution in [2.45, 2.75) is 45.2 Å². The van der Waals surface area contributed by atoms with Gasteiger partial charge in [0.25, 0.3) is 0 Å². The number of pyridine rings is 1. The maximum Gasteiger partial charge on any atom is 0.0684 e. The molecule has 1 saturated carbocycles. The molecule has 1 aromatic rings. The molecule has 0 spiro atoms. The summed E-state index contributed by atoms with van der Waals surface area (Å²) in [7, 11) is 0. The van der Waals surface area contributed by atoms with E-state index in [1.807, 2.05) is 12.3 Å². The highest BCUT2D eigenvalue weighted by atomic mass is 79.9. The molecule has 17 heavy (non-hydrogen) atoms. The lowest BCUT2D eigenvalue weighted by molar-refractivity contribution is 0.278. The van der Waals surface area contributed by atoms with Gasteiger partial charge in [-0.3, -0.25) is 4.98 Å². The van der Waals surface area contributed by atoms with E-state index in [2.05, 4.69) is 49.1 Å². The molecule has 0 saturated heterocycles. The maximum atomic E-state index is 4.43. The van der Waals surface area contributed by atoms with E-state index in [0.717, 1.165) is 27.1 Å². The van der Waals surface area contributed by atoms with Crippen LogP contribution in [0.4, 0.5) is 0 Å². The van der Waals surface area contributed by atoms with Crippen molar-refractivity contribution in [3.63, 3.8) is 0 Å². The molecule has 1 aromatic heterocycles. The highest BCUT2D eigenvalue weighted by Gasteiger charge is 2.20. The number of nitrogens with zero attached hydrogens (tertiary/aromatic N) is 1. The number of rotatable bonds is 3. The van der Waals surface area contributed by atoms with Crippen LogP contribution in [0.25, 0.3) is 0 Å². The van der Waals surface area contributed by atoms with Crippen molar-refractivity contribution >= 4 is 31.9 Å². The first-order chi connectivity index (χ1) is 8.16. The first-order valence-corrected chi connectivity index (χ1v) is 7.78. The van der Waals surface area contributed by atoms with Gasteiger partial charge in [0.05, 0.1) is 5.69 Å². The van der Waals surface area contributed by atoms with Crippen molar-refractivity contribution in [1.82, 2.24) is 10.3 Å². The molecule has 1 aliphatic carbocycles. The van der Waals surface area contributed by atoms with Gasteiger partial charge in [-0.15, -0.1) is 0 Å². The largest absolute Gasteiger partial charge is 0.308 e. The average Bonchev–Trinajstić information content (AvgIpc) is 2.30. The average molecular weight is 362 g/mol. The lowest BCUT2D eigenvalue weighted by atomic mass is 9.86. The van der Waals surface area contributed by atoms with Gasteiger partial charge in [-0.05, 0) is 56.7 Å². The third-order valence-corrected chi connectivity index (χ3v) is 4.65. The Morgan fingerprint density at radius 3 is 2.82 bits per heavy atom. The summed E-state index contributed by atoms with van der Waals surface area (Å²) in [6.07, 6.45) is 7.25. The standard InChI is InChI=1S/C13H18Br2N2/c1-9-4-2-3-5-12(9)17-8-13-11(15)6-10(14)7-16-13/h6-7,9,12,17H,2-5,8H2,1H3. The summed E-state index contributed by atoms with van der Waals surface area (Å²) in [4.78, 5) is 4.43. The second-order valence-electron chi connectivity index (χ2n) is 4.83. The molecule has 0 radical (unpaired) electrons. The minimum atomic E-state index is 0.654. The van der Waals surface area contributed by atoms with Crippen molar-refractivity contribution in [3.8, 4) is 0 Å². The molecule has 1 fully saturated rings. The summed E-state index contributed by atoms with van der Waals surface area (Å²) in [5, 5.41) is 3.64. The van der Waals surface area contributed by atoms with Crippen molar-refractivity contribution < 1.29 is 0 Å². The molecule has 0 aliphatic heterocycles. The van der Waals surface area contributed by atoms with E-state index in [1.165, 1.54) is 25.7 Å². The Kier molecular flexibility index (Phi) is 5.00. The molecule has 94 valence electrons. The van der Waals surface area contributed by atoms with Crippen LogP contribution >= 0.6 is 31.9 Å². The van der Waals surface area contributed by atoms with Crippen LogP contribution in [-0.2, 0) is 6.54 Å². The zero-order valence-electron chi connectivity index (χ0n) is 10.0. The Bertz CT molecular complexity index is 382. The fraction of sp³-hybridized carbons (Fsp3) is 0.615. The van der Waals surface area contributed by atoms with E-state index in [9.17, 15) is 0 Å². The van der Waals surface area contributed by atoms with E-state index in [1.54, 1.807) is 0 Å². The summed E-state index contributed by atoms with van der Waals surface area (Å²) in [6, 6.07) is 2.70. The van der Waals surface area contributed by atoms with E-state index < -0.39 is 0 Å². The van der Waals surface area contributed by atoms with Crippen molar-refractivity contribution in [2.24, 2.45) is 5.92 Å². The zero-order valence-corrected chi connectivity index (χ0v) is 13.2. The molecular formula is C13H18Br2N2. The quantitative estimate of drug-likeness (QED) is 0.869. The molecule has 1 aliphatic rings. The van der Waals surface area contributed by atoms with Gasteiger partial charge >= 0.3 is 0 Å². The van der Waals surface area contributed by atoms with Crippen LogP contribution in [0.15, 0.2) is 21.2 Å². The number of hydrogen-bond donors (Lipinski definition) is 1. The molecule has 0 amide bonds. The predicted octanol–water partition coefficient (Wildman–Crippen LogP) is 4.27. The summed E-state index contributed by atoms with van der Waals surface area (Å²) in [6.45, 7) is 3.20. The maximum absolute atomic E-state index is 4.43. The molecule has 2 unspecified atom stereocenters. The molecule has 1 heterocycles. The summed E-state index contributed by atoms with van der Waals surface area (Å²) in [5.41, 5.74) is 1.09. The second-order valence-corrected chi connectivity index (χ2v) is 6.60. The Balaban J connectivity index is 1.92. The zero-order chi connectivity index (χ0) is 12.3. The Labute approximate surface area is 120 Å². The summed E-state index contributed by atoms with van der Waals surface area (Å²) >= 11 is 6.98. The lowest BCUT2D eigenvalue weighted by Gasteiger charge is -2.29. The van der Waals surface area contributed by atoms with Crippen LogP contribution in [0.3, 0.4) is 0 Å². The van der Waals surface area contributed by atoms with Crippen LogP contribution in [0.2, 0.25) is 0 Å². The second kappa shape index (κ2) is 6.30. The first-order valence-electron chi connectivity index (χ1n) is 6.20. The Hall–Kier alpha value is 0.0700. The van der Waals surface area contributed by atoms with E-state index in [0.29, 0.717) is 6.04 Å². The minimum Gasteiger partial charge on any atom is -0.308 e. The van der Waals surface area contributed by atoms with Crippen molar-refractivity contribution in [1.29, 1.82) is 0 Å². The third kappa shape index (κ3) is 3.76. The van der Waals surface area contributed by atoms with E-state index in [-0.39, 0.29) is 0 Å². The highest BCUT2D eigenvalue weighted by Crippen LogP contribution is 2.25. The van der Waals surface area contributed by atoms with Crippen LogP contribution in [-0.4, -0.2) is 11.0 Å². The lowest BCUT2D eigenvalue weighted by Crippen LogP contribution is -2.36. The monoisotopic (exact) mass is 360 g/mol. The normalized spacial score (nSPS) is 24.9. The predicted molar refractivity (Wildman–Crippen MR) is 77.9 cm³/mol. The van der Waals surface area contributed by atoms with Gasteiger partial charge in [-0.25, -0.2) is 0 Å². The van der Waals surface area contributed by atoms with Crippen LogP contribution in [0.1, 0.15) is 38.3 Å². The minimum absolute atomic E-state index is 0.654. The highest BCUT2D eigenvalue weighted by molar-refractivity contribution is 9.11. The van der Waals surface area contributed by atoms with Gasteiger partial charge < -0.3 is 5.32 Å². The van der Waals surface area contributed by atoms with Gasteiger partial charge in [0, 0.05) is 27.7 Å². The summed E-state index contributed by atoms with van der Waals surface area (Å²) < 4.78 is 2.09. The molecule has 2 rings (SSSR count). The van der Waals surface area contributed by atoms with Crippen LogP contribution in [0.5, 0.6) is 0 Å². The Morgan fingerprint density at radius 2 is 2.12 bits per heavy atom. The smallest absolute Gasteiger partial charge is 0.0684 e. The van der Waals surface area contributed by atoms with Gasteiger partial charge in [0.15, 0.2) is 0 Å². The molecule has 2 nitrogen and oxygen atoms in total. The fourth-order valence-corrected chi connectivity index (χ4v) is 3.55. The number of nitrogens with one attached hydrogen (secondary N) is 1. The van der Waals surface area contributed by atoms with Crippen molar-refractivity contribution in [2.75, 3.05) is 0 Å². The molecule has 0 aromatic carbocycles. The topological polar surface area (TPSA) is 24.9 Å². The molecule has 1 N–H and O–H groups in total. The van der Waals surface area contributed by atoms with Gasteiger partial charge in [0.1, 0.15) is 0 Å². The van der Waals surface area contributed by atoms with E-state index in [4.69, 9.17) is 0 Å². The Morgan fingerprint density at radius 1 is 1.35 bits per heavy atom. The van der Waals surface area contributed by atoms with Gasteiger partial charge in [0.2, 0.25) is 0 Å². The fourth-order valence-electron chi connectivity index (χ4n) is 2.42. The first kappa shape index (κ1) is 13.5.